The Morgan fingerprint density at radius 2 is 1.90 bits per heavy atom. The molecular formula is C14H11N2O4-. The number of benzene rings is 2. The number of carbonyl (C=O) groups is 1. The van der Waals surface area contributed by atoms with Crippen molar-refractivity contribution in [1.29, 1.82) is 0 Å². The minimum Gasteiger partial charge on any atom is -0.872 e. The lowest BCUT2D eigenvalue weighted by molar-refractivity contribution is -0.385. The molecule has 2 aromatic carbocycles. The SMILES string of the molecule is Cc1ccccc1NC(=O)c1cc([N+](=O)[O-])ccc1[O-]. The summed E-state index contributed by atoms with van der Waals surface area (Å²) in [6.45, 7) is 1.81. The Balaban J connectivity index is 2.32. The van der Waals surface area contributed by atoms with Gasteiger partial charge in [0.15, 0.2) is 0 Å². The molecule has 0 saturated heterocycles. The average molecular weight is 271 g/mol. The van der Waals surface area contributed by atoms with E-state index in [0.29, 0.717) is 5.69 Å². The number of nitrogens with one attached hydrogen (secondary N) is 1. The summed E-state index contributed by atoms with van der Waals surface area (Å²) < 4.78 is 0. The number of amides is 1. The van der Waals surface area contributed by atoms with Crippen LogP contribution in [0.15, 0.2) is 42.5 Å². The maximum absolute atomic E-state index is 12.0. The molecule has 0 aliphatic heterocycles. The van der Waals surface area contributed by atoms with Crippen LogP contribution in [0.5, 0.6) is 5.75 Å². The molecule has 1 amide bonds. The number of anilines is 1. The van der Waals surface area contributed by atoms with E-state index >= 15 is 0 Å². The van der Waals surface area contributed by atoms with Gasteiger partial charge in [0.25, 0.3) is 11.6 Å². The van der Waals surface area contributed by atoms with Gasteiger partial charge in [-0.05, 0) is 18.6 Å². The van der Waals surface area contributed by atoms with Crippen LogP contribution in [0.3, 0.4) is 0 Å². The maximum atomic E-state index is 12.0. The van der Waals surface area contributed by atoms with Crippen molar-refractivity contribution < 1.29 is 14.8 Å². The monoisotopic (exact) mass is 271 g/mol. The number of non-ortho nitro benzene ring substituents is 1. The fourth-order valence-corrected chi connectivity index (χ4v) is 1.71. The third-order valence-corrected chi connectivity index (χ3v) is 2.81. The highest BCUT2D eigenvalue weighted by Gasteiger charge is 2.13. The predicted molar refractivity (Wildman–Crippen MR) is 71.7 cm³/mol. The molecule has 6 heteroatoms. The summed E-state index contributed by atoms with van der Waals surface area (Å²) in [5, 5.41) is 24.9. The molecule has 1 N–H and O–H groups in total. The molecule has 20 heavy (non-hydrogen) atoms. The topological polar surface area (TPSA) is 95.3 Å². The maximum Gasteiger partial charge on any atom is 0.270 e. The fraction of sp³-hybridized carbons (Fsp3) is 0.0714. The molecule has 102 valence electrons. The Bertz CT molecular complexity index is 683. The van der Waals surface area contributed by atoms with Crippen LogP contribution in [0.2, 0.25) is 0 Å². The molecule has 6 nitrogen and oxygen atoms in total. The number of para-hydroxylation sites is 1. The third-order valence-electron chi connectivity index (χ3n) is 2.81. The Kier molecular flexibility index (Phi) is 3.65. The molecular weight excluding hydrogens is 260 g/mol. The molecule has 0 radical (unpaired) electrons. The van der Waals surface area contributed by atoms with Crippen LogP contribution in [0.1, 0.15) is 15.9 Å². The number of nitro groups is 1. The van der Waals surface area contributed by atoms with Crippen molar-refractivity contribution >= 4 is 17.3 Å². The molecule has 2 rings (SSSR count). The van der Waals surface area contributed by atoms with Gasteiger partial charge in [0.05, 0.1) is 4.92 Å². The van der Waals surface area contributed by atoms with E-state index in [9.17, 15) is 20.0 Å². The number of aryl methyl sites for hydroxylation is 1. The zero-order chi connectivity index (χ0) is 14.7. The number of rotatable bonds is 3. The minimum absolute atomic E-state index is 0.248. The van der Waals surface area contributed by atoms with E-state index in [1.807, 2.05) is 6.07 Å². The number of nitro benzene ring substituents is 1. The smallest absolute Gasteiger partial charge is 0.270 e. The normalized spacial score (nSPS) is 10.1. The van der Waals surface area contributed by atoms with Gasteiger partial charge in [0.1, 0.15) is 0 Å². The highest BCUT2D eigenvalue weighted by molar-refractivity contribution is 6.06. The minimum atomic E-state index is -0.659. The van der Waals surface area contributed by atoms with Crippen molar-refractivity contribution in [3.8, 4) is 5.75 Å². The van der Waals surface area contributed by atoms with Gasteiger partial charge in [0, 0.05) is 23.4 Å². The molecule has 0 saturated carbocycles. The predicted octanol–water partition coefficient (Wildman–Crippen LogP) is 2.23. The van der Waals surface area contributed by atoms with Crippen LogP contribution in [-0.2, 0) is 0 Å². The van der Waals surface area contributed by atoms with Gasteiger partial charge in [0.2, 0.25) is 0 Å². The van der Waals surface area contributed by atoms with Crippen LogP contribution < -0.4 is 10.4 Å². The van der Waals surface area contributed by atoms with Gasteiger partial charge >= 0.3 is 0 Å². The summed E-state index contributed by atoms with van der Waals surface area (Å²) in [5.74, 6) is -1.21. The first-order valence-electron chi connectivity index (χ1n) is 5.81. The first-order valence-corrected chi connectivity index (χ1v) is 5.81. The Labute approximate surface area is 114 Å². The molecule has 0 bridgehead atoms. The molecule has 0 aliphatic rings. The van der Waals surface area contributed by atoms with E-state index < -0.39 is 16.6 Å². The van der Waals surface area contributed by atoms with E-state index in [1.165, 1.54) is 0 Å². The zero-order valence-electron chi connectivity index (χ0n) is 10.6. The van der Waals surface area contributed by atoms with E-state index in [0.717, 1.165) is 23.8 Å². The highest BCUT2D eigenvalue weighted by Crippen LogP contribution is 2.22. The van der Waals surface area contributed by atoms with Gasteiger partial charge in [-0.15, -0.1) is 0 Å². The lowest BCUT2D eigenvalue weighted by atomic mass is 10.1. The fourth-order valence-electron chi connectivity index (χ4n) is 1.71. The van der Waals surface area contributed by atoms with E-state index in [1.54, 1.807) is 25.1 Å². The summed E-state index contributed by atoms with van der Waals surface area (Å²) in [6, 6.07) is 10.1. The lowest BCUT2D eigenvalue weighted by Gasteiger charge is -2.13. The highest BCUT2D eigenvalue weighted by atomic mass is 16.6. The second-order valence-corrected chi connectivity index (χ2v) is 4.21. The second kappa shape index (κ2) is 5.40. The molecule has 0 unspecified atom stereocenters. The zero-order valence-corrected chi connectivity index (χ0v) is 10.6. The van der Waals surface area contributed by atoms with Crippen LogP contribution >= 0.6 is 0 Å². The quantitative estimate of drug-likeness (QED) is 0.684. The van der Waals surface area contributed by atoms with Crippen LogP contribution in [0, 0.1) is 17.0 Å². The molecule has 0 atom stereocenters. The first kappa shape index (κ1) is 13.5. The molecule has 0 aliphatic carbocycles. The van der Waals surface area contributed by atoms with E-state index in [4.69, 9.17) is 0 Å². The van der Waals surface area contributed by atoms with Gasteiger partial charge in [-0.25, -0.2) is 0 Å². The summed E-state index contributed by atoms with van der Waals surface area (Å²) in [6.07, 6.45) is 0. The number of hydrogen-bond donors (Lipinski definition) is 1. The van der Waals surface area contributed by atoms with Crippen molar-refractivity contribution in [1.82, 2.24) is 0 Å². The summed E-state index contributed by atoms with van der Waals surface area (Å²) in [4.78, 5) is 22.1. The summed E-state index contributed by atoms with van der Waals surface area (Å²) >= 11 is 0. The van der Waals surface area contributed by atoms with Gasteiger partial charge in [-0.1, -0.05) is 30.0 Å². The third kappa shape index (κ3) is 2.74. The van der Waals surface area contributed by atoms with Crippen molar-refractivity contribution in [2.24, 2.45) is 0 Å². The number of carbonyl (C=O) groups excluding carboxylic acids is 1. The van der Waals surface area contributed by atoms with Gasteiger partial charge in [-0.3, -0.25) is 14.9 Å². The van der Waals surface area contributed by atoms with Crippen molar-refractivity contribution in [3.63, 3.8) is 0 Å². The number of hydrogen-bond acceptors (Lipinski definition) is 4. The second-order valence-electron chi connectivity index (χ2n) is 4.21. The Morgan fingerprint density at radius 3 is 2.55 bits per heavy atom. The Morgan fingerprint density at radius 1 is 1.20 bits per heavy atom. The molecule has 2 aromatic rings. The van der Waals surface area contributed by atoms with Crippen molar-refractivity contribution in [3.05, 3.63) is 63.7 Å². The van der Waals surface area contributed by atoms with Crippen molar-refractivity contribution in [2.45, 2.75) is 6.92 Å². The van der Waals surface area contributed by atoms with E-state index in [-0.39, 0.29) is 11.3 Å². The van der Waals surface area contributed by atoms with Crippen LogP contribution in [0.25, 0.3) is 0 Å². The number of nitrogens with zero attached hydrogens (tertiary/aromatic N) is 1. The van der Waals surface area contributed by atoms with Crippen LogP contribution in [0.4, 0.5) is 11.4 Å². The first-order chi connectivity index (χ1) is 9.49. The summed E-state index contributed by atoms with van der Waals surface area (Å²) in [5.41, 5.74) is 0.851. The van der Waals surface area contributed by atoms with Gasteiger partial charge in [-0.2, -0.15) is 0 Å². The van der Waals surface area contributed by atoms with Gasteiger partial charge < -0.3 is 10.4 Å². The lowest BCUT2D eigenvalue weighted by Crippen LogP contribution is -2.15. The molecule has 0 heterocycles. The van der Waals surface area contributed by atoms with Crippen LogP contribution in [-0.4, -0.2) is 10.8 Å². The summed E-state index contributed by atoms with van der Waals surface area (Å²) in [7, 11) is 0. The molecule has 0 fully saturated rings. The largest absolute Gasteiger partial charge is 0.872 e. The van der Waals surface area contributed by atoms with E-state index in [2.05, 4.69) is 5.32 Å². The molecule has 0 spiro atoms. The Hall–Kier alpha value is -2.89. The van der Waals surface area contributed by atoms with Crippen molar-refractivity contribution in [2.75, 3.05) is 5.32 Å². The standard InChI is InChI=1S/C14H12N2O4/c1-9-4-2-3-5-12(9)15-14(18)11-8-10(16(19)20)6-7-13(11)17/h2-8,17H,1H3,(H,15,18)/p-1. The average Bonchev–Trinajstić information content (AvgIpc) is 2.41. The molecule has 0 aromatic heterocycles.